The van der Waals surface area contributed by atoms with Crippen molar-refractivity contribution in [3.8, 4) is 0 Å². The lowest BCUT2D eigenvalue weighted by molar-refractivity contribution is 0.275. The molecule has 0 fully saturated rings. The Morgan fingerprint density at radius 3 is 2.15 bits per heavy atom. The van der Waals surface area contributed by atoms with Gasteiger partial charge in [-0.3, -0.25) is 0 Å². The lowest BCUT2D eigenvalue weighted by atomic mass is 9.93. The first kappa shape index (κ1) is 17.0. The van der Waals surface area contributed by atoms with Crippen molar-refractivity contribution >= 4 is 8.07 Å². The third-order valence-electron chi connectivity index (χ3n) is 3.64. The molecule has 0 heterocycles. The quantitative estimate of drug-likeness (QED) is 0.534. The molecule has 0 aliphatic rings. The van der Waals surface area contributed by atoms with Crippen molar-refractivity contribution in [2.24, 2.45) is 5.41 Å². The van der Waals surface area contributed by atoms with Crippen molar-refractivity contribution in [1.29, 1.82) is 0 Å². The first-order chi connectivity index (χ1) is 9.10. The third-order valence-corrected chi connectivity index (χ3v) is 6.27. The fraction of sp³-hybridized carbons (Fsp3) is 0.500. The highest BCUT2D eigenvalue weighted by molar-refractivity contribution is 6.78. The number of aliphatic hydroxyl groups excluding tert-OH is 1. The Bertz CT molecular complexity index is 435. The van der Waals surface area contributed by atoms with Gasteiger partial charge in [0.1, 0.15) is 0 Å². The average Bonchev–Trinajstić information content (AvgIpc) is 2.32. The summed E-state index contributed by atoms with van der Waals surface area (Å²) in [6.45, 7) is 13.3. The molecule has 0 saturated heterocycles. The average molecular weight is 290 g/mol. The van der Waals surface area contributed by atoms with Crippen LogP contribution < -0.4 is 0 Å². The van der Waals surface area contributed by atoms with E-state index in [0.717, 1.165) is 6.42 Å². The lowest BCUT2D eigenvalue weighted by Crippen LogP contribution is -2.28. The molecule has 1 N–H and O–H groups in total. The highest BCUT2D eigenvalue weighted by Gasteiger charge is 2.27. The molecule has 0 aliphatic heterocycles. The maximum absolute atomic E-state index is 10.1. The molecule has 1 nitrogen and oxygen atoms in total. The van der Waals surface area contributed by atoms with E-state index in [1.807, 2.05) is 32.9 Å². The van der Waals surface area contributed by atoms with Gasteiger partial charge in [0.25, 0.3) is 0 Å². The highest BCUT2D eigenvalue weighted by Crippen LogP contribution is 2.33. The van der Waals surface area contributed by atoms with Crippen molar-refractivity contribution in [3.05, 3.63) is 54.2 Å². The first-order valence-electron chi connectivity index (χ1n) is 7.40. The van der Waals surface area contributed by atoms with Crippen molar-refractivity contribution in [2.45, 2.75) is 52.4 Å². The number of allylic oxidation sites excluding steroid dienone is 2. The molecular formula is C18H29OSi. The van der Waals surface area contributed by atoms with Gasteiger partial charge in [0.15, 0.2) is 0 Å². The summed E-state index contributed by atoms with van der Waals surface area (Å²) in [4.78, 5) is 0. The van der Waals surface area contributed by atoms with Gasteiger partial charge in [-0.1, -0.05) is 70.7 Å². The molecule has 1 unspecified atom stereocenters. The fourth-order valence-corrected chi connectivity index (χ4v) is 3.53. The Kier molecular flexibility index (Phi) is 5.64. The van der Waals surface area contributed by atoms with E-state index in [1.54, 1.807) is 0 Å². The van der Waals surface area contributed by atoms with Crippen molar-refractivity contribution in [2.75, 3.05) is 0 Å². The number of benzene rings is 1. The van der Waals surface area contributed by atoms with Crippen LogP contribution in [0, 0.1) is 11.8 Å². The fourth-order valence-electron chi connectivity index (χ4n) is 2.01. The molecule has 2 heteroatoms. The van der Waals surface area contributed by atoms with Crippen LogP contribution in [0.1, 0.15) is 32.8 Å². The van der Waals surface area contributed by atoms with Crippen LogP contribution in [-0.2, 0) is 0 Å². The number of hydrogen-bond acceptors (Lipinski definition) is 1. The summed E-state index contributed by atoms with van der Waals surface area (Å²) in [5, 5.41) is 10.1. The van der Waals surface area contributed by atoms with Gasteiger partial charge < -0.3 is 5.11 Å². The van der Waals surface area contributed by atoms with E-state index in [0.29, 0.717) is 11.3 Å². The molecule has 0 bridgehead atoms. The van der Waals surface area contributed by atoms with Crippen LogP contribution in [0.3, 0.4) is 0 Å². The second kappa shape index (κ2) is 6.62. The molecule has 1 rings (SSSR count). The Morgan fingerprint density at radius 2 is 1.70 bits per heavy atom. The summed E-state index contributed by atoms with van der Waals surface area (Å²) in [6, 6.07) is 10.5. The van der Waals surface area contributed by atoms with E-state index in [-0.39, 0.29) is 5.41 Å². The Hall–Kier alpha value is -1.02. The first-order valence-corrected chi connectivity index (χ1v) is 11.0. The summed E-state index contributed by atoms with van der Waals surface area (Å²) in [5.74, 6) is 0.502. The van der Waals surface area contributed by atoms with E-state index in [1.165, 1.54) is 5.56 Å². The molecule has 0 saturated carbocycles. The van der Waals surface area contributed by atoms with Gasteiger partial charge in [-0.25, -0.2) is 0 Å². The number of hydrogen-bond donors (Lipinski definition) is 1. The smallest absolute Gasteiger partial charge is 0.0936 e. The highest BCUT2D eigenvalue weighted by atomic mass is 28.3. The molecule has 20 heavy (non-hydrogen) atoms. The molecular weight excluding hydrogens is 260 g/mol. The molecule has 111 valence electrons. The van der Waals surface area contributed by atoms with Crippen LogP contribution in [0.15, 0.2) is 42.2 Å². The number of aliphatic hydroxyl groups is 1. The van der Waals surface area contributed by atoms with Crippen LogP contribution in [0.5, 0.6) is 0 Å². The zero-order chi connectivity index (χ0) is 15.4. The van der Waals surface area contributed by atoms with Gasteiger partial charge >= 0.3 is 0 Å². The SMILES string of the molecule is CC(C)(C)/C(O)=C/CC([CH]c1ccccc1)[Si](C)(C)C. The largest absolute Gasteiger partial charge is 0.512 e. The van der Waals surface area contributed by atoms with Gasteiger partial charge in [0.2, 0.25) is 0 Å². The van der Waals surface area contributed by atoms with E-state index < -0.39 is 8.07 Å². The maximum atomic E-state index is 10.1. The number of rotatable bonds is 5. The van der Waals surface area contributed by atoms with Crippen molar-refractivity contribution < 1.29 is 5.11 Å². The predicted molar refractivity (Wildman–Crippen MR) is 91.7 cm³/mol. The van der Waals surface area contributed by atoms with Crippen LogP contribution >= 0.6 is 0 Å². The lowest BCUT2D eigenvalue weighted by Gasteiger charge is -2.29. The summed E-state index contributed by atoms with van der Waals surface area (Å²) in [6.07, 6.45) is 5.31. The van der Waals surface area contributed by atoms with Crippen LogP contribution in [0.25, 0.3) is 0 Å². The van der Waals surface area contributed by atoms with Crippen molar-refractivity contribution in [3.63, 3.8) is 0 Å². The molecule has 1 aromatic carbocycles. The van der Waals surface area contributed by atoms with Crippen LogP contribution in [-0.4, -0.2) is 13.2 Å². The molecule has 0 spiro atoms. The predicted octanol–water partition coefficient (Wildman–Crippen LogP) is 5.83. The zero-order valence-corrected chi connectivity index (χ0v) is 14.8. The van der Waals surface area contributed by atoms with E-state index in [9.17, 15) is 5.11 Å². The minimum absolute atomic E-state index is 0.156. The monoisotopic (exact) mass is 289 g/mol. The summed E-state index contributed by atoms with van der Waals surface area (Å²) in [7, 11) is -1.31. The molecule has 1 radical (unpaired) electrons. The summed E-state index contributed by atoms with van der Waals surface area (Å²) in [5.41, 5.74) is 1.66. The Labute approximate surface area is 125 Å². The molecule has 0 aromatic heterocycles. The van der Waals surface area contributed by atoms with Gasteiger partial charge in [-0.2, -0.15) is 0 Å². The van der Waals surface area contributed by atoms with Gasteiger partial charge in [-0.15, -0.1) is 0 Å². The third kappa shape index (κ3) is 5.54. The van der Waals surface area contributed by atoms with Crippen LogP contribution in [0.4, 0.5) is 0 Å². The van der Waals surface area contributed by atoms with Crippen molar-refractivity contribution in [1.82, 2.24) is 0 Å². The van der Waals surface area contributed by atoms with Gasteiger partial charge in [0, 0.05) is 13.5 Å². The summed E-state index contributed by atoms with van der Waals surface area (Å²) >= 11 is 0. The minimum atomic E-state index is -1.31. The second-order valence-corrected chi connectivity index (χ2v) is 13.1. The molecule has 1 aromatic rings. The van der Waals surface area contributed by atoms with Crippen LogP contribution in [0.2, 0.25) is 25.2 Å². The molecule has 0 aliphatic carbocycles. The maximum Gasteiger partial charge on any atom is 0.0936 e. The van der Waals surface area contributed by atoms with E-state index in [4.69, 9.17) is 0 Å². The van der Waals surface area contributed by atoms with Gasteiger partial charge in [-0.05, 0) is 30.0 Å². The Morgan fingerprint density at radius 1 is 1.15 bits per heavy atom. The minimum Gasteiger partial charge on any atom is -0.512 e. The molecule has 0 amide bonds. The van der Waals surface area contributed by atoms with Gasteiger partial charge in [0.05, 0.1) is 5.76 Å². The normalized spacial score (nSPS) is 15.2. The second-order valence-electron chi connectivity index (χ2n) is 7.62. The van der Waals surface area contributed by atoms with E-state index in [2.05, 4.69) is 50.3 Å². The standard InChI is InChI=1S/C18H29OSi/c1-18(2,3)17(19)13-12-16(20(4,5)6)14-15-10-8-7-9-11-15/h7-11,13-14,16,19H,12H2,1-6H3/b17-13-. The van der Waals surface area contributed by atoms with E-state index >= 15 is 0 Å². The topological polar surface area (TPSA) is 20.2 Å². The Balaban J connectivity index is 2.82. The molecule has 1 atom stereocenters. The summed E-state index contributed by atoms with van der Waals surface area (Å²) < 4.78 is 0. The zero-order valence-electron chi connectivity index (χ0n) is 13.8.